The number of carbonyl (C=O) groups excluding carboxylic acids is 4. The number of ether oxygens (including phenoxy) is 2. The average molecular weight is 1290 g/mol. The van der Waals surface area contributed by atoms with Crippen molar-refractivity contribution in [3.8, 4) is 0 Å². The number of ketones is 2. The van der Waals surface area contributed by atoms with Gasteiger partial charge in [-0.3, -0.25) is 9.59 Å². The third kappa shape index (κ3) is 16.8. The fourth-order valence-corrected chi connectivity index (χ4v) is 10.6. The van der Waals surface area contributed by atoms with Crippen LogP contribution >= 0.6 is 15.9 Å². The number of amides is 2. The van der Waals surface area contributed by atoms with Crippen LogP contribution in [0.15, 0.2) is 49.9 Å². The van der Waals surface area contributed by atoms with Crippen LogP contribution in [-0.2, 0) is 61.3 Å². The summed E-state index contributed by atoms with van der Waals surface area (Å²) in [7, 11) is -1.49. The summed E-state index contributed by atoms with van der Waals surface area (Å²) in [5.41, 5.74) is 0.636. The van der Waals surface area contributed by atoms with Crippen molar-refractivity contribution in [1.29, 1.82) is 0 Å². The first-order valence-corrected chi connectivity index (χ1v) is 31.6. The number of hydrogen-bond acceptors (Lipinski definition) is 18. The maximum atomic E-state index is 13.3. The molecule has 20 nitrogen and oxygen atoms in total. The van der Waals surface area contributed by atoms with Crippen LogP contribution in [0.25, 0.3) is 0 Å². The molecule has 24 heteroatoms. The van der Waals surface area contributed by atoms with Gasteiger partial charge in [0.1, 0.15) is 11.2 Å². The van der Waals surface area contributed by atoms with Gasteiger partial charge < -0.3 is 56.2 Å². The van der Waals surface area contributed by atoms with Crippen molar-refractivity contribution >= 4 is 66.3 Å². The molecule has 9 rings (SSSR count). The molecule has 5 aliphatic rings. The summed E-state index contributed by atoms with van der Waals surface area (Å²) in [5, 5.41) is 7.85. The van der Waals surface area contributed by atoms with E-state index in [2.05, 4.69) is 36.2 Å². The molecular formula is C64H96B3BrN6O14. The number of rotatable bonds is 8. The van der Waals surface area contributed by atoms with E-state index in [4.69, 9.17) is 46.4 Å². The second kappa shape index (κ2) is 25.3. The van der Waals surface area contributed by atoms with E-state index in [0.29, 0.717) is 50.8 Å². The average Bonchev–Trinajstić information content (AvgIpc) is 1.92. The Morgan fingerprint density at radius 3 is 1.20 bits per heavy atom. The topological polar surface area (TPSA) is 226 Å². The highest BCUT2D eigenvalue weighted by atomic mass is 79.9. The van der Waals surface area contributed by atoms with Crippen molar-refractivity contribution in [1.82, 2.24) is 30.1 Å². The molecule has 0 saturated carbocycles. The Labute approximate surface area is 531 Å². The van der Waals surface area contributed by atoms with Gasteiger partial charge in [0.15, 0.2) is 0 Å². The molecule has 5 aliphatic heterocycles. The molecule has 0 bridgehead atoms. The molecule has 0 radical (unpaired) electrons. The van der Waals surface area contributed by atoms with E-state index < -0.39 is 43.5 Å². The van der Waals surface area contributed by atoms with E-state index in [1.54, 1.807) is 9.80 Å². The first-order chi connectivity index (χ1) is 40.1. The molecule has 88 heavy (non-hydrogen) atoms. The number of Topliss-reactive ketones (excluding diaryl/α,β-unsaturated/α-hetero) is 2. The van der Waals surface area contributed by atoms with Gasteiger partial charge in [0.2, 0.25) is 35.0 Å². The molecule has 3 fully saturated rings. The first-order valence-electron chi connectivity index (χ1n) is 30.8. The predicted molar refractivity (Wildman–Crippen MR) is 340 cm³/mol. The number of fused-ring (bicyclic) bond motifs is 2. The highest BCUT2D eigenvalue weighted by Crippen LogP contribution is 2.44. The van der Waals surface area contributed by atoms with Crippen LogP contribution in [0.5, 0.6) is 0 Å². The van der Waals surface area contributed by atoms with Crippen LogP contribution in [0.2, 0.25) is 0 Å². The van der Waals surface area contributed by atoms with Crippen LogP contribution in [0.4, 0.5) is 9.59 Å². The molecule has 3 saturated heterocycles. The Balaban J connectivity index is 0.000000201. The zero-order chi connectivity index (χ0) is 65.9. The first kappa shape index (κ1) is 70.5. The molecule has 4 aromatic rings. The highest BCUT2D eigenvalue weighted by Gasteiger charge is 2.64. The normalized spacial score (nSPS) is 21.9. The van der Waals surface area contributed by atoms with Crippen LogP contribution in [0.3, 0.4) is 0 Å². The summed E-state index contributed by atoms with van der Waals surface area (Å²) in [6.45, 7) is 48.9. The van der Waals surface area contributed by atoms with Crippen LogP contribution in [-0.4, -0.2) is 133 Å². The van der Waals surface area contributed by atoms with Gasteiger partial charge in [-0.15, -0.1) is 0 Å². The number of aromatic nitrogens is 4. The fourth-order valence-electron chi connectivity index (χ4n) is 10.2. The lowest BCUT2D eigenvalue weighted by Crippen LogP contribution is -2.41. The summed E-state index contributed by atoms with van der Waals surface area (Å²) in [5.74, 6) is 0.520. The Hall–Kier alpha value is -4.97. The molecule has 0 N–H and O–H groups in total. The van der Waals surface area contributed by atoms with Gasteiger partial charge >= 0.3 is 33.3 Å². The third-order valence-corrected chi connectivity index (χ3v) is 18.0. The van der Waals surface area contributed by atoms with Crippen molar-refractivity contribution in [2.24, 2.45) is 0 Å². The molecule has 2 aromatic carbocycles. The van der Waals surface area contributed by atoms with E-state index in [1.165, 1.54) is 0 Å². The summed E-state index contributed by atoms with van der Waals surface area (Å²) < 4.78 is 59.2. The molecule has 2 atom stereocenters. The minimum absolute atomic E-state index is 0.0559. The molecular weight excluding hydrogens is 1190 g/mol. The third-order valence-electron chi connectivity index (χ3n) is 17.5. The molecule has 0 aliphatic carbocycles. The quantitative estimate of drug-likeness (QED) is 0.118. The molecule has 0 unspecified atom stereocenters. The van der Waals surface area contributed by atoms with E-state index in [0.717, 1.165) is 32.2 Å². The molecule has 7 heterocycles. The molecule has 0 spiro atoms. The Morgan fingerprint density at radius 1 is 0.523 bits per heavy atom. The minimum atomic E-state index is -0.616. The standard InChI is InChI=1S/C29H42BN3O6.C23H30BrN3O4.C12H24B2O4/c1-26(2,3)24-31-23(32-37-24)22(34)16-18-13-14-33(25(35)36-27(4,5)6)17-19-15-20(11-12-21(18)19)30-38-28(7,8)29(9,10)39-30;1-22(2,3)20-25-19(26-31-20)18(28)12-14-9-10-27(21(29)30-23(4,5)6)13-15-11-16(24)7-8-17(14)15;1-9(2)10(3,4)16-13(15-9)14-17-11(5,6)12(7,8)18-14/h11-12,15,18H,13-14,16-17H2,1-10H3;7-8,11,14H,9-10,12-13H2,1-6H3;1-8H3/t18-;14-;/m00./s1. The van der Waals surface area contributed by atoms with Gasteiger partial charge in [0.25, 0.3) is 0 Å². The summed E-state index contributed by atoms with van der Waals surface area (Å²) >= 11 is 3.52. The Bertz CT molecular complexity index is 3100. The highest BCUT2D eigenvalue weighted by molar-refractivity contribution is 9.10. The summed E-state index contributed by atoms with van der Waals surface area (Å²) in [4.78, 5) is 64.1. The second-order valence-electron chi connectivity index (χ2n) is 31.0. The lowest BCUT2D eigenvalue weighted by molar-refractivity contribution is 0.00578. The van der Waals surface area contributed by atoms with Gasteiger partial charge in [-0.2, -0.15) is 9.97 Å². The number of carbonyl (C=O) groups is 4. The second-order valence-corrected chi connectivity index (χ2v) is 31.9. The number of benzene rings is 2. The molecule has 2 amide bonds. The maximum Gasteiger partial charge on any atom is 0.494 e. The zero-order valence-electron chi connectivity index (χ0n) is 56.8. The fraction of sp³-hybridized carbons (Fsp3) is 0.688. The number of hydrogen-bond donors (Lipinski definition) is 0. The van der Waals surface area contributed by atoms with E-state index in [9.17, 15) is 19.2 Å². The van der Waals surface area contributed by atoms with Gasteiger partial charge in [0, 0.05) is 54.3 Å². The number of halogens is 1. The lowest BCUT2D eigenvalue weighted by Gasteiger charge is -2.32. The van der Waals surface area contributed by atoms with Crippen molar-refractivity contribution in [2.45, 2.75) is 272 Å². The SMILES string of the molecule is CC(C)(C)OC(=O)N1CC[C@@H](CC(=O)c2noc(C(C)(C)C)n2)c2ccc(B3OC(C)(C)C(C)(C)O3)cc2C1.CC(C)(C)OC(=O)N1CC[C@@H](CC(=O)c2noc(C(C)(C)C)n2)c2ccc(Br)cc2C1.CC1(C)OB(B2OC(C)(C)C(C)(C)O2)OC1(C)C. The predicted octanol–water partition coefficient (Wildman–Crippen LogP) is 13.0. The summed E-state index contributed by atoms with van der Waals surface area (Å²) in [6.07, 6.45) is 0.961. The molecule has 2 aromatic heterocycles. The van der Waals surface area contributed by atoms with E-state index in [-0.39, 0.29) is 93.3 Å². The Kier molecular flexibility index (Phi) is 20.2. The van der Waals surface area contributed by atoms with Crippen molar-refractivity contribution in [2.75, 3.05) is 13.1 Å². The maximum absolute atomic E-state index is 13.3. The van der Waals surface area contributed by atoms with Crippen LogP contribution < -0.4 is 5.46 Å². The van der Waals surface area contributed by atoms with Gasteiger partial charge in [-0.05, 0) is 189 Å². The summed E-state index contributed by atoms with van der Waals surface area (Å²) in [6, 6.07) is 12.0. The Morgan fingerprint density at radius 2 is 0.864 bits per heavy atom. The number of nitrogens with zero attached hydrogens (tertiary/aromatic N) is 6. The van der Waals surface area contributed by atoms with Gasteiger partial charge in [-0.1, -0.05) is 92.1 Å². The van der Waals surface area contributed by atoms with Gasteiger partial charge in [-0.25, -0.2) is 9.59 Å². The van der Waals surface area contributed by atoms with E-state index >= 15 is 0 Å². The monoisotopic (exact) mass is 1280 g/mol. The molecule has 482 valence electrons. The largest absolute Gasteiger partial charge is 0.494 e. The minimum Gasteiger partial charge on any atom is -0.444 e. The lowest BCUT2D eigenvalue weighted by atomic mass is 9.49. The van der Waals surface area contributed by atoms with Crippen LogP contribution in [0.1, 0.15) is 259 Å². The van der Waals surface area contributed by atoms with Crippen LogP contribution in [0, 0.1) is 0 Å². The van der Waals surface area contributed by atoms with Crippen molar-refractivity contribution in [3.05, 3.63) is 86.6 Å². The van der Waals surface area contributed by atoms with E-state index in [1.807, 2.05) is 203 Å². The van der Waals surface area contributed by atoms with Crippen molar-refractivity contribution in [3.63, 3.8) is 0 Å². The zero-order valence-corrected chi connectivity index (χ0v) is 58.4. The smallest absolute Gasteiger partial charge is 0.444 e. The van der Waals surface area contributed by atoms with Gasteiger partial charge in [0.05, 0.1) is 33.6 Å². The van der Waals surface area contributed by atoms with Crippen molar-refractivity contribution < 1.29 is 65.6 Å².